The molecule has 0 amide bonds. The van der Waals surface area contributed by atoms with Gasteiger partial charge in [-0.05, 0) is 6.92 Å². The van der Waals surface area contributed by atoms with Crippen molar-refractivity contribution in [3.05, 3.63) is 37.7 Å². The van der Waals surface area contributed by atoms with Crippen LogP contribution in [-0.2, 0) is 9.47 Å². The number of rotatable bonds is 0. The summed E-state index contributed by atoms with van der Waals surface area (Å²) in [7, 11) is 0. The van der Waals surface area contributed by atoms with Crippen molar-refractivity contribution >= 4 is 0 Å². The third kappa shape index (κ3) is 6.82. The van der Waals surface area contributed by atoms with Crippen LogP contribution in [0.4, 0.5) is 0 Å². The highest BCUT2D eigenvalue weighted by atomic mass is 16.5. The normalized spacial score (nSPS) is 12.1. The Balaban J connectivity index is 0.000000187. The fourth-order valence-corrected chi connectivity index (χ4v) is 0.219. The van der Waals surface area contributed by atoms with Crippen LogP contribution < -0.4 is 0 Å². The Hall–Kier alpha value is -1.18. The van der Waals surface area contributed by atoms with E-state index < -0.39 is 0 Å². The van der Waals surface area contributed by atoms with Gasteiger partial charge in [0, 0.05) is 0 Å². The van der Waals surface area contributed by atoms with E-state index in [-0.39, 0.29) is 0 Å². The highest BCUT2D eigenvalue weighted by Gasteiger charge is 1.74. The Morgan fingerprint density at radius 1 is 1.11 bits per heavy atom. The standard InChI is InChI=1S/C4H4O2.C3H6/c1-2-6-4-3-5-1;1-3-2/h1-4H;3H,1H2,2H3. The van der Waals surface area contributed by atoms with Gasteiger partial charge in [0.1, 0.15) is 25.0 Å². The smallest absolute Gasteiger partial charge is 0.125 e. The van der Waals surface area contributed by atoms with E-state index in [1.807, 2.05) is 6.92 Å². The van der Waals surface area contributed by atoms with Crippen LogP contribution in [0.25, 0.3) is 0 Å². The van der Waals surface area contributed by atoms with Gasteiger partial charge in [-0.15, -0.1) is 6.58 Å². The van der Waals surface area contributed by atoms with Gasteiger partial charge in [-0.2, -0.15) is 0 Å². The van der Waals surface area contributed by atoms with Crippen LogP contribution in [-0.4, -0.2) is 0 Å². The Morgan fingerprint density at radius 2 is 1.33 bits per heavy atom. The van der Waals surface area contributed by atoms with E-state index in [1.54, 1.807) is 6.08 Å². The zero-order chi connectivity index (χ0) is 6.95. The Bertz CT molecular complexity index is 94.1. The summed E-state index contributed by atoms with van der Waals surface area (Å²) in [5, 5.41) is 0. The number of ether oxygens (including phenoxy) is 2. The lowest BCUT2D eigenvalue weighted by Gasteiger charge is -1.94. The lowest BCUT2D eigenvalue weighted by atomic mass is 10.8. The minimum Gasteiger partial charge on any atom is -0.466 e. The summed E-state index contributed by atoms with van der Waals surface area (Å²) < 4.78 is 9.17. The molecule has 0 aliphatic carbocycles. The molecule has 0 fully saturated rings. The summed E-state index contributed by atoms with van der Waals surface area (Å²) in [6.07, 6.45) is 7.58. The van der Waals surface area contributed by atoms with E-state index in [0.717, 1.165) is 0 Å². The third-order valence-electron chi connectivity index (χ3n) is 0.425. The van der Waals surface area contributed by atoms with E-state index in [2.05, 4.69) is 16.1 Å². The predicted octanol–water partition coefficient (Wildman–Crippen LogP) is 2.17. The Morgan fingerprint density at radius 3 is 1.44 bits per heavy atom. The van der Waals surface area contributed by atoms with Gasteiger partial charge in [-0.3, -0.25) is 0 Å². The van der Waals surface area contributed by atoms with Crippen LogP contribution in [0.5, 0.6) is 0 Å². The summed E-state index contributed by atoms with van der Waals surface area (Å²) in [4.78, 5) is 0. The first-order chi connectivity index (χ1) is 4.41. The molecule has 0 N–H and O–H groups in total. The molecule has 1 aliphatic heterocycles. The van der Waals surface area contributed by atoms with Crippen molar-refractivity contribution in [2.24, 2.45) is 0 Å². The average Bonchev–Trinajstić information content (AvgIpc) is 1.93. The maximum absolute atomic E-state index is 4.58. The van der Waals surface area contributed by atoms with Crippen LogP contribution in [0.2, 0.25) is 0 Å². The number of hydrogen-bond acceptors (Lipinski definition) is 2. The summed E-state index contributed by atoms with van der Waals surface area (Å²) in [5.41, 5.74) is 0. The van der Waals surface area contributed by atoms with Gasteiger partial charge in [-0.25, -0.2) is 0 Å². The zero-order valence-corrected chi connectivity index (χ0v) is 5.41. The second-order valence-electron chi connectivity index (χ2n) is 1.22. The van der Waals surface area contributed by atoms with Crippen LogP contribution in [0.3, 0.4) is 0 Å². The van der Waals surface area contributed by atoms with E-state index in [0.29, 0.717) is 0 Å². The molecule has 0 aromatic heterocycles. The molecule has 0 radical (unpaired) electrons. The van der Waals surface area contributed by atoms with Crippen molar-refractivity contribution in [2.75, 3.05) is 0 Å². The minimum atomic E-state index is 1.46. The van der Waals surface area contributed by atoms with E-state index in [1.165, 1.54) is 25.0 Å². The van der Waals surface area contributed by atoms with Crippen molar-refractivity contribution in [2.45, 2.75) is 6.92 Å². The van der Waals surface area contributed by atoms with Gasteiger partial charge in [0.05, 0.1) is 0 Å². The molecule has 50 valence electrons. The van der Waals surface area contributed by atoms with E-state index in [9.17, 15) is 0 Å². The Labute approximate surface area is 55.1 Å². The van der Waals surface area contributed by atoms with Crippen LogP contribution >= 0.6 is 0 Å². The van der Waals surface area contributed by atoms with Crippen LogP contribution in [0, 0.1) is 0 Å². The largest absolute Gasteiger partial charge is 0.466 e. The van der Waals surface area contributed by atoms with Crippen molar-refractivity contribution < 1.29 is 9.47 Å². The quantitative estimate of drug-likeness (QED) is 0.463. The molecule has 2 heteroatoms. The molecule has 1 rings (SSSR count). The summed E-state index contributed by atoms with van der Waals surface area (Å²) in [6.45, 7) is 5.25. The first kappa shape index (κ1) is 7.82. The molecule has 0 saturated carbocycles. The molecular formula is C7H10O2. The van der Waals surface area contributed by atoms with Gasteiger partial charge >= 0.3 is 0 Å². The predicted molar refractivity (Wildman–Crippen MR) is 36.3 cm³/mol. The molecule has 0 atom stereocenters. The van der Waals surface area contributed by atoms with Crippen molar-refractivity contribution in [3.63, 3.8) is 0 Å². The maximum Gasteiger partial charge on any atom is 0.125 e. The second-order valence-corrected chi connectivity index (χ2v) is 1.22. The summed E-state index contributed by atoms with van der Waals surface area (Å²) in [6, 6.07) is 0. The van der Waals surface area contributed by atoms with Crippen LogP contribution in [0.1, 0.15) is 6.92 Å². The van der Waals surface area contributed by atoms with Gasteiger partial charge in [0.25, 0.3) is 0 Å². The molecule has 9 heavy (non-hydrogen) atoms. The molecule has 1 aliphatic rings. The molecule has 1 heterocycles. The highest BCUT2D eigenvalue weighted by Crippen LogP contribution is 1.89. The maximum atomic E-state index is 4.58. The molecule has 0 spiro atoms. The van der Waals surface area contributed by atoms with Gasteiger partial charge in [0.2, 0.25) is 0 Å². The van der Waals surface area contributed by atoms with Gasteiger partial charge < -0.3 is 9.47 Å². The number of hydrogen-bond donors (Lipinski definition) is 0. The molecule has 0 saturated heterocycles. The SMILES string of the molecule is C1=COC=CO1.C=CC. The van der Waals surface area contributed by atoms with Gasteiger partial charge in [-0.1, -0.05) is 6.08 Å². The fraction of sp³-hybridized carbons (Fsp3) is 0.143. The lowest BCUT2D eigenvalue weighted by molar-refractivity contribution is 0.290. The fourth-order valence-electron chi connectivity index (χ4n) is 0.219. The molecule has 0 bridgehead atoms. The Kier molecular flexibility index (Phi) is 5.93. The molecule has 0 unspecified atom stereocenters. The summed E-state index contributed by atoms with van der Waals surface area (Å²) >= 11 is 0. The lowest BCUT2D eigenvalue weighted by Crippen LogP contribution is -1.74. The molecule has 0 aromatic rings. The van der Waals surface area contributed by atoms with Crippen molar-refractivity contribution in [1.29, 1.82) is 0 Å². The second kappa shape index (κ2) is 6.82. The summed E-state index contributed by atoms with van der Waals surface area (Å²) in [5.74, 6) is 0. The first-order valence-corrected chi connectivity index (χ1v) is 2.60. The number of allylic oxidation sites excluding steroid dienone is 1. The van der Waals surface area contributed by atoms with E-state index in [4.69, 9.17) is 0 Å². The average molecular weight is 126 g/mol. The van der Waals surface area contributed by atoms with E-state index >= 15 is 0 Å². The first-order valence-electron chi connectivity index (χ1n) is 2.60. The van der Waals surface area contributed by atoms with Gasteiger partial charge in [0.15, 0.2) is 0 Å². The van der Waals surface area contributed by atoms with Crippen molar-refractivity contribution in [1.82, 2.24) is 0 Å². The molecular weight excluding hydrogens is 116 g/mol. The minimum absolute atomic E-state index is 1.46. The molecule has 0 aromatic carbocycles. The van der Waals surface area contributed by atoms with Crippen molar-refractivity contribution in [3.8, 4) is 0 Å². The highest BCUT2D eigenvalue weighted by molar-refractivity contribution is 4.77. The molecule has 2 nitrogen and oxygen atoms in total. The van der Waals surface area contributed by atoms with Crippen LogP contribution in [0.15, 0.2) is 37.7 Å². The topological polar surface area (TPSA) is 18.5 Å². The zero-order valence-electron chi connectivity index (χ0n) is 5.41. The third-order valence-corrected chi connectivity index (χ3v) is 0.425. The monoisotopic (exact) mass is 126 g/mol.